The summed E-state index contributed by atoms with van der Waals surface area (Å²) in [6.07, 6.45) is 0.309. The average molecular weight is 380 g/mol. The van der Waals surface area contributed by atoms with E-state index in [2.05, 4.69) is 19.0 Å². The summed E-state index contributed by atoms with van der Waals surface area (Å²) in [6, 6.07) is 11.7. The lowest BCUT2D eigenvalue weighted by Gasteiger charge is -2.34. The fourth-order valence-electron chi connectivity index (χ4n) is 4.06. The number of carbonyl (C=O) groups excluding carboxylic acids is 1. The van der Waals surface area contributed by atoms with Gasteiger partial charge >= 0.3 is 5.97 Å². The number of rotatable bonds is 2. The van der Waals surface area contributed by atoms with Crippen molar-refractivity contribution >= 4 is 29.8 Å². The van der Waals surface area contributed by atoms with Gasteiger partial charge in [0.05, 0.1) is 29.0 Å². The molecular formula is C20H16N2O4S. The summed E-state index contributed by atoms with van der Waals surface area (Å²) in [5.74, 6) is -0.526. The average Bonchev–Trinajstić information content (AvgIpc) is 3.05. The first-order valence-electron chi connectivity index (χ1n) is 8.75. The van der Waals surface area contributed by atoms with E-state index in [-0.39, 0.29) is 12.2 Å². The minimum atomic E-state index is -1.38. The molecule has 0 saturated carbocycles. The second kappa shape index (κ2) is 5.68. The van der Waals surface area contributed by atoms with Gasteiger partial charge in [0.25, 0.3) is 5.56 Å². The number of thiol groups is 1. The summed E-state index contributed by atoms with van der Waals surface area (Å²) in [5.41, 5.74) is 2.69. The molecule has 0 aliphatic carbocycles. The van der Waals surface area contributed by atoms with Crippen molar-refractivity contribution in [1.82, 2.24) is 9.55 Å². The van der Waals surface area contributed by atoms with Crippen molar-refractivity contribution in [2.24, 2.45) is 0 Å². The standard InChI is InChI=1S/C20H16N2O4S/c1-2-20(26-27)14-8-16-17-12(7-11-5-3-4-6-15(11)21-17)9-22(16)18(23)13(14)10-25-19(20)24/h3-8,27H,2,9-10H2,1H3. The molecule has 7 heteroatoms. The highest BCUT2D eigenvalue weighted by atomic mass is 32.1. The van der Waals surface area contributed by atoms with Crippen molar-refractivity contribution in [1.29, 1.82) is 0 Å². The lowest BCUT2D eigenvalue weighted by molar-refractivity contribution is -0.167. The van der Waals surface area contributed by atoms with Crippen LogP contribution in [0, 0.1) is 0 Å². The molecule has 0 radical (unpaired) electrons. The smallest absolute Gasteiger partial charge is 0.344 e. The van der Waals surface area contributed by atoms with Gasteiger partial charge in [-0.1, -0.05) is 25.1 Å². The molecule has 1 unspecified atom stereocenters. The van der Waals surface area contributed by atoms with E-state index in [0.717, 1.165) is 22.2 Å². The van der Waals surface area contributed by atoms with Gasteiger partial charge in [-0.15, -0.1) is 0 Å². The van der Waals surface area contributed by atoms with Gasteiger partial charge in [0, 0.05) is 16.5 Å². The predicted octanol–water partition coefficient (Wildman–Crippen LogP) is 2.95. The first-order chi connectivity index (χ1) is 13.1. The van der Waals surface area contributed by atoms with Crippen LogP contribution in [0.25, 0.3) is 22.3 Å². The van der Waals surface area contributed by atoms with Crippen molar-refractivity contribution < 1.29 is 13.7 Å². The maximum atomic E-state index is 13.2. The van der Waals surface area contributed by atoms with E-state index in [0.29, 0.717) is 29.8 Å². The van der Waals surface area contributed by atoms with Crippen molar-refractivity contribution in [2.45, 2.75) is 32.1 Å². The van der Waals surface area contributed by atoms with Crippen molar-refractivity contribution in [3.63, 3.8) is 0 Å². The molecular weight excluding hydrogens is 364 g/mol. The number of pyridine rings is 2. The van der Waals surface area contributed by atoms with Gasteiger partial charge in [-0.3, -0.25) is 8.98 Å². The number of fused-ring (bicyclic) bond motifs is 5. The summed E-state index contributed by atoms with van der Waals surface area (Å²) < 4.78 is 12.2. The van der Waals surface area contributed by atoms with E-state index in [1.54, 1.807) is 11.5 Å². The van der Waals surface area contributed by atoms with Gasteiger partial charge in [0.15, 0.2) is 0 Å². The maximum Gasteiger partial charge on any atom is 0.344 e. The first-order valence-corrected chi connectivity index (χ1v) is 9.11. The topological polar surface area (TPSA) is 70.4 Å². The van der Waals surface area contributed by atoms with Crippen LogP contribution in [0.3, 0.4) is 0 Å². The van der Waals surface area contributed by atoms with Crippen LogP contribution < -0.4 is 5.56 Å². The quantitative estimate of drug-likeness (QED) is 0.329. The summed E-state index contributed by atoms with van der Waals surface area (Å²) in [4.78, 5) is 30.4. The zero-order valence-electron chi connectivity index (χ0n) is 14.6. The zero-order chi connectivity index (χ0) is 18.8. The summed E-state index contributed by atoms with van der Waals surface area (Å²) >= 11 is 3.93. The molecule has 0 saturated heterocycles. The van der Waals surface area contributed by atoms with Gasteiger partial charge in [-0.2, -0.15) is 0 Å². The van der Waals surface area contributed by atoms with E-state index in [1.807, 2.05) is 30.3 Å². The number of aromatic nitrogens is 2. The van der Waals surface area contributed by atoms with Gasteiger partial charge in [-0.25, -0.2) is 9.78 Å². The van der Waals surface area contributed by atoms with Crippen LogP contribution in [-0.2, 0) is 32.5 Å². The number of ether oxygens (including phenoxy) is 1. The molecule has 2 aliphatic heterocycles. The minimum Gasteiger partial charge on any atom is -0.458 e. The van der Waals surface area contributed by atoms with Crippen LogP contribution in [-0.4, -0.2) is 15.5 Å². The largest absolute Gasteiger partial charge is 0.458 e. The third kappa shape index (κ3) is 2.09. The maximum absolute atomic E-state index is 13.2. The molecule has 3 aromatic rings. The predicted molar refractivity (Wildman–Crippen MR) is 102 cm³/mol. The number of benzene rings is 1. The number of carbonyl (C=O) groups is 1. The minimum absolute atomic E-state index is 0.0576. The second-order valence-electron chi connectivity index (χ2n) is 6.85. The number of para-hydroxylation sites is 1. The fraction of sp³-hybridized carbons (Fsp3) is 0.250. The highest BCUT2D eigenvalue weighted by molar-refractivity contribution is 7.75. The van der Waals surface area contributed by atoms with Crippen LogP contribution in [0.15, 0.2) is 41.2 Å². The van der Waals surface area contributed by atoms with Gasteiger partial charge in [-0.05, 0) is 37.5 Å². The highest BCUT2D eigenvalue weighted by Gasteiger charge is 2.48. The molecule has 5 rings (SSSR count). The third-order valence-electron chi connectivity index (χ3n) is 5.54. The normalized spacial score (nSPS) is 20.1. The Morgan fingerprint density at radius 1 is 1.30 bits per heavy atom. The Bertz CT molecular complexity index is 1180. The zero-order valence-corrected chi connectivity index (χ0v) is 15.5. The molecule has 2 aromatic heterocycles. The van der Waals surface area contributed by atoms with E-state index in [4.69, 9.17) is 13.9 Å². The fourth-order valence-corrected chi connectivity index (χ4v) is 4.37. The summed E-state index contributed by atoms with van der Waals surface area (Å²) in [7, 11) is 0. The Balaban J connectivity index is 1.81. The van der Waals surface area contributed by atoms with Crippen molar-refractivity contribution in [2.75, 3.05) is 0 Å². The molecule has 0 amide bonds. The lowest BCUT2D eigenvalue weighted by atomic mass is 9.86. The molecule has 27 heavy (non-hydrogen) atoms. The summed E-state index contributed by atoms with van der Waals surface area (Å²) in [5, 5.41) is 1.03. The molecule has 0 fully saturated rings. The van der Waals surface area contributed by atoms with Crippen LogP contribution in [0.5, 0.6) is 0 Å². The number of hydrogen-bond acceptors (Lipinski definition) is 6. The molecule has 136 valence electrons. The number of hydrogen-bond donors (Lipinski definition) is 1. The van der Waals surface area contributed by atoms with Gasteiger partial charge in [0.2, 0.25) is 5.60 Å². The molecule has 1 aromatic carbocycles. The molecule has 0 bridgehead atoms. The van der Waals surface area contributed by atoms with Crippen molar-refractivity contribution in [3.8, 4) is 11.4 Å². The van der Waals surface area contributed by atoms with Crippen LogP contribution in [0.4, 0.5) is 0 Å². The summed E-state index contributed by atoms with van der Waals surface area (Å²) in [6.45, 7) is 2.19. The van der Waals surface area contributed by atoms with Gasteiger partial charge in [0.1, 0.15) is 6.61 Å². The van der Waals surface area contributed by atoms with E-state index < -0.39 is 11.6 Å². The van der Waals surface area contributed by atoms with E-state index in [9.17, 15) is 9.59 Å². The van der Waals surface area contributed by atoms with Gasteiger partial charge < -0.3 is 9.30 Å². The Labute approximate surface area is 160 Å². The SMILES string of the molecule is CCC1(OS)C(=O)OCc2c1cc1n(c2=O)Cc2cc3ccccc3nc2-1. The molecule has 0 N–H and O–H groups in total. The monoisotopic (exact) mass is 380 g/mol. The molecule has 6 nitrogen and oxygen atoms in total. The highest BCUT2D eigenvalue weighted by Crippen LogP contribution is 2.41. The molecule has 4 heterocycles. The van der Waals surface area contributed by atoms with Crippen LogP contribution in [0.2, 0.25) is 0 Å². The molecule has 0 spiro atoms. The Morgan fingerprint density at radius 2 is 2.11 bits per heavy atom. The molecule has 2 aliphatic rings. The second-order valence-corrected chi connectivity index (χ2v) is 7.03. The van der Waals surface area contributed by atoms with E-state index >= 15 is 0 Å². The Kier molecular flexibility index (Phi) is 3.47. The number of cyclic esters (lactones) is 1. The first kappa shape index (κ1) is 16.5. The number of esters is 1. The Morgan fingerprint density at radius 3 is 2.89 bits per heavy atom. The number of nitrogens with zero attached hydrogens (tertiary/aromatic N) is 2. The van der Waals surface area contributed by atoms with E-state index in [1.165, 1.54) is 0 Å². The molecule has 1 atom stereocenters. The van der Waals surface area contributed by atoms with Crippen LogP contribution in [0.1, 0.15) is 30.0 Å². The Hall–Kier alpha value is -2.64. The lowest BCUT2D eigenvalue weighted by Crippen LogP contribution is -2.45. The third-order valence-corrected chi connectivity index (χ3v) is 5.85. The van der Waals surface area contributed by atoms with Crippen LogP contribution >= 0.6 is 12.9 Å². The van der Waals surface area contributed by atoms with Crippen molar-refractivity contribution in [3.05, 3.63) is 63.4 Å².